The minimum absolute atomic E-state index is 0.235. The fourth-order valence-electron chi connectivity index (χ4n) is 7.18. The fraction of sp³-hybridized carbons (Fsp3) is 0.191. The van der Waals surface area contributed by atoms with Gasteiger partial charge in [0.2, 0.25) is 0 Å². The van der Waals surface area contributed by atoms with E-state index in [0.29, 0.717) is 22.6 Å². The first-order chi connectivity index (χ1) is 25.5. The van der Waals surface area contributed by atoms with Crippen LogP contribution in [0.3, 0.4) is 0 Å². The smallest absolute Gasteiger partial charge is 0.333 e. The minimum Gasteiger partial charge on any atom is -0.490 e. The lowest BCUT2D eigenvalue weighted by Gasteiger charge is -2.34. The van der Waals surface area contributed by atoms with Gasteiger partial charge in [0.1, 0.15) is 36.9 Å². The molecule has 0 saturated heterocycles. The number of benzene rings is 6. The van der Waals surface area contributed by atoms with Crippen LogP contribution in [0.25, 0.3) is 32.7 Å². The number of carbonyl (C=O) groups is 2. The maximum Gasteiger partial charge on any atom is 0.333 e. The summed E-state index contributed by atoms with van der Waals surface area (Å²) >= 11 is 0. The highest BCUT2D eigenvalue weighted by atomic mass is 16.6. The third kappa shape index (κ3) is 6.81. The first kappa shape index (κ1) is 35.3. The van der Waals surface area contributed by atoms with E-state index >= 15 is 0 Å². The molecule has 2 unspecified atom stereocenters. The van der Waals surface area contributed by atoms with Crippen LogP contribution in [-0.2, 0) is 24.5 Å². The number of fused-ring (bicyclic) bond motifs is 5. The standard InChI is InChI=1S/C47H42O6/c1-29(2)45(48)52-31(5)27-50-39-21-17-33-23-37(19-15-35(33)25-39)47(43-13-9-7-11-41(43)42-12-8-10-14-44(42)47)38-20-16-36-26-40(22-18-34(36)24-38)51-28-32(6)53-46(49)30(3)4/h7-26,31-32H,1,3,27-28H2,2,4-6H3. The number of ether oxygens (including phenoxy) is 4. The summed E-state index contributed by atoms with van der Waals surface area (Å²) in [5, 5.41) is 4.26. The van der Waals surface area contributed by atoms with Crippen molar-refractivity contribution in [2.45, 2.75) is 45.3 Å². The lowest BCUT2D eigenvalue weighted by atomic mass is 9.67. The monoisotopic (exact) mass is 702 g/mol. The molecule has 0 N–H and O–H groups in total. The average molecular weight is 703 g/mol. The molecule has 0 aliphatic heterocycles. The van der Waals surface area contributed by atoms with Crippen LogP contribution in [0.1, 0.15) is 49.9 Å². The van der Waals surface area contributed by atoms with Gasteiger partial charge >= 0.3 is 11.9 Å². The molecule has 0 aromatic heterocycles. The van der Waals surface area contributed by atoms with E-state index in [9.17, 15) is 9.59 Å². The van der Waals surface area contributed by atoms with E-state index in [1.807, 2.05) is 24.3 Å². The Kier molecular flexibility index (Phi) is 9.63. The maximum absolute atomic E-state index is 11.9. The third-order valence-electron chi connectivity index (χ3n) is 9.72. The molecule has 0 heterocycles. The number of rotatable bonds is 12. The van der Waals surface area contributed by atoms with Crippen LogP contribution >= 0.6 is 0 Å². The van der Waals surface area contributed by atoms with Crippen molar-refractivity contribution < 1.29 is 28.5 Å². The van der Waals surface area contributed by atoms with Crippen LogP contribution < -0.4 is 9.47 Å². The van der Waals surface area contributed by atoms with Gasteiger partial charge in [-0.2, -0.15) is 0 Å². The van der Waals surface area contributed by atoms with Gasteiger partial charge in [-0.05, 0) is 119 Å². The zero-order valence-corrected chi connectivity index (χ0v) is 30.5. The Morgan fingerprint density at radius 3 is 1.34 bits per heavy atom. The average Bonchev–Trinajstić information content (AvgIpc) is 3.46. The second kappa shape index (κ2) is 14.5. The summed E-state index contributed by atoms with van der Waals surface area (Å²) in [6.07, 6.45) is -0.828. The second-order valence-corrected chi connectivity index (χ2v) is 13.9. The number of hydrogen-bond acceptors (Lipinski definition) is 6. The number of carbonyl (C=O) groups excluding carboxylic acids is 2. The molecule has 1 aliphatic rings. The first-order valence-corrected chi connectivity index (χ1v) is 17.8. The van der Waals surface area contributed by atoms with Crippen LogP contribution in [-0.4, -0.2) is 37.4 Å². The molecule has 0 saturated carbocycles. The maximum atomic E-state index is 11.9. The molecule has 0 bridgehead atoms. The molecule has 0 fully saturated rings. The van der Waals surface area contributed by atoms with Crippen LogP contribution in [0.4, 0.5) is 0 Å². The van der Waals surface area contributed by atoms with Crippen molar-refractivity contribution in [1.82, 2.24) is 0 Å². The molecular weight excluding hydrogens is 661 g/mol. The molecule has 53 heavy (non-hydrogen) atoms. The van der Waals surface area contributed by atoms with Crippen molar-refractivity contribution in [3.8, 4) is 22.6 Å². The summed E-state index contributed by atoms with van der Waals surface area (Å²) in [6, 6.07) is 42.9. The highest BCUT2D eigenvalue weighted by Crippen LogP contribution is 2.56. The zero-order valence-electron chi connectivity index (χ0n) is 30.5. The van der Waals surface area contributed by atoms with Gasteiger partial charge in [-0.25, -0.2) is 9.59 Å². The van der Waals surface area contributed by atoms with Crippen LogP contribution in [0.5, 0.6) is 11.5 Å². The molecule has 0 spiro atoms. The van der Waals surface area contributed by atoms with E-state index in [1.54, 1.807) is 27.7 Å². The van der Waals surface area contributed by atoms with E-state index in [1.165, 1.54) is 22.3 Å². The predicted octanol–water partition coefficient (Wildman–Crippen LogP) is 10.1. The van der Waals surface area contributed by atoms with Crippen molar-refractivity contribution in [3.63, 3.8) is 0 Å². The van der Waals surface area contributed by atoms with Gasteiger partial charge in [0.05, 0.1) is 5.41 Å². The number of hydrogen-bond donors (Lipinski definition) is 0. The Hall–Kier alpha value is -6.14. The zero-order chi connectivity index (χ0) is 37.3. The molecule has 6 aromatic rings. The van der Waals surface area contributed by atoms with Gasteiger partial charge < -0.3 is 18.9 Å². The lowest BCUT2D eigenvalue weighted by Crippen LogP contribution is -2.28. The van der Waals surface area contributed by atoms with Gasteiger partial charge in [0, 0.05) is 11.1 Å². The highest BCUT2D eigenvalue weighted by Gasteiger charge is 2.46. The molecule has 6 nitrogen and oxygen atoms in total. The van der Waals surface area contributed by atoms with Crippen molar-refractivity contribution in [2.24, 2.45) is 0 Å². The van der Waals surface area contributed by atoms with Gasteiger partial charge in [-0.1, -0.05) is 98.1 Å². The summed E-state index contributed by atoms with van der Waals surface area (Å²) in [5.74, 6) is 0.559. The molecule has 2 atom stereocenters. The minimum atomic E-state index is -0.578. The van der Waals surface area contributed by atoms with Gasteiger partial charge in [-0.15, -0.1) is 0 Å². The molecule has 0 amide bonds. The summed E-state index contributed by atoms with van der Waals surface area (Å²) < 4.78 is 22.8. The molecule has 6 heteroatoms. The Morgan fingerprint density at radius 1 is 0.547 bits per heavy atom. The Balaban J connectivity index is 1.25. The molecule has 6 aromatic carbocycles. The molecule has 1 aliphatic carbocycles. The van der Waals surface area contributed by atoms with Crippen molar-refractivity contribution in [3.05, 3.63) is 168 Å². The molecule has 7 rings (SSSR count). The summed E-state index contributed by atoms with van der Waals surface area (Å²) in [6.45, 7) is 14.6. The summed E-state index contributed by atoms with van der Waals surface area (Å²) in [7, 11) is 0. The Morgan fingerprint density at radius 2 is 0.925 bits per heavy atom. The van der Waals surface area contributed by atoms with Gasteiger partial charge in [-0.3, -0.25) is 0 Å². The molecular formula is C47H42O6. The van der Waals surface area contributed by atoms with Crippen molar-refractivity contribution >= 4 is 33.5 Å². The predicted molar refractivity (Wildman–Crippen MR) is 210 cm³/mol. The quantitative estimate of drug-likeness (QED) is 0.0933. The van der Waals surface area contributed by atoms with Crippen LogP contribution in [0.15, 0.2) is 146 Å². The van der Waals surface area contributed by atoms with E-state index in [4.69, 9.17) is 18.9 Å². The largest absolute Gasteiger partial charge is 0.490 e. The van der Waals surface area contributed by atoms with E-state index in [0.717, 1.165) is 32.7 Å². The summed E-state index contributed by atoms with van der Waals surface area (Å²) in [4.78, 5) is 23.9. The van der Waals surface area contributed by atoms with E-state index in [2.05, 4.69) is 110 Å². The van der Waals surface area contributed by atoms with E-state index < -0.39 is 29.6 Å². The van der Waals surface area contributed by atoms with Crippen LogP contribution in [0.2, 0.25) is 0 Å². The Labute approximate surface area is 310 Å². The van der Waals surface area contributed by atoms with Crippen molar-refractivity contribution in [2.75, 3.05) is 13.2 Å². The topological polar surface area (TPSA) is 71.1 Å². The normalized spacial score (nSPS) is 13.7. The second-order valence-electron chi connectivity index (χ2n) is 13.9. The highest BCUT2D eigenvalue weighted by molar-refractivity contribution is 5.92. The Bertz CT molecular complexity index is 2240. The van der Waals surface area contributed by atoms with E-state index in [-0.39, 0.29) is 13.2 Å². The third-order valence-corrected chi connectivity index (χ3v) is 9.72. The fourth-order valence-corrected chi connectivity index (χ4v) is 7.18. The molecule has 266 valence electrons. The van der Waals surface area contributed by atoms with Gasteiger partial charge in [0.15, 0.2) is 0 Å². The lowest BCUT2D eigenvalue weighted by molar-refractivity contribution is -0.145. The SMILES string of the molecule is C=C(C)C(=O)OC(C)COc1ccc2cc(C3(c4ccc5cc(OCC(C)OC(=O)C(=C)C)ccc5c4)c4ccccc4-c4ccccc43)ccc2c1. The van der Waals surface area contributed by atoms with Crippen molar-refractivity contribution in [1.29, 1.82) is 0 Å². The number of esters is 2. The first-order valence-electron chi connectivity index (χ1n) is 17.8. The summed E-state index contributed by atoms with van der Waals surface area (Å²) in [5.41, 5.74) is 7.37. The van der Waals surface area contributed by atoms with Crippen LogP contribution in [0, 0.1) is 0 Å². The van der Waals surface area contributed by atoms with Gasteiger partial charge in [0.25, 0.3) is 0 Å². The molecule has 0 radical (unpaired) electrons.